The Morgan fingerprint density at radius 2 is 1.94 bits per heavy atom. The number of nitro groups is 1. The second-order valence-electron chi connectivity index (χ2n) is 4.78. The van der Waals surface area contributed by atoms with E-state index in [0.29, 0.717) is 18.7 Å². The molecule has 16 heavy (non-hydrogen) atoms. The van der Waals surface area contributed by atoms with Crippen LogP contribution in [-0.4, -0.2) is 34.6 Å². The number of carbonyl (C=O) groups is 1. The summed E-state index contributed by atoms with van der Waals surface area (Å²) >= 11 is 0. The number of likely N-dealkylation sites (tertiary alicyclic amines) is 1. The zero-order valence-corrected chi connectivity index (χ0v) is 9.94. The first-order chi connectivity index (χ1) is 7.20. The minimum atomic E-state index is -0.533. The maximum atomic E-state index is 11.5. The summed E-state index contributed by atoms with van der Waals surface area (Å²) in [6.07, 6.45) is -0.424. The maximum absolute atomic E-state index is 11.5. The molecule has 1 aliphatic rings. The van der Waals surface area contributed by atoms with Gasteiger partial charge in [-0.2, -0.15) is 0 Å². The van der Waals surface area contributed by atoms with Crippen LogP contribution in [0.2, 0.25) is 0 Å². The predicted molar refractivity (Wildman–Crippen MR) is 57.5 cm³/mol. The van der Waals surface area contributed by atoms with Gasteiger partial charge in [-0.25, -0.2) is 4.79 Å². The van der Waals surface area contributed by atoms with Crippen LogP contribution in [0.25, 0.3) is 0 Å². The lowest BCUT2D eigenvalue weighted by atomic mass is 10.1. The molecule has 1 aliphatic heterocycles. The molecule has 0 spiro atoms. The van der Waals surface area contributed by atoms with Gasteiger partial charge < -0.3 is 4.74 Å². The van der Waals surface area contributed by atoms with Crippen molar-refractivity contribution in [3.8, 4) is 0 Å². The molecule has 0 N–H and O–H groups in total. The van der Waals surface area contributed by atoms with E-state index < -0.39 is 16.6 Å². The summed E-state index contributed by atoms with van der Waals surface area (Å²) in [6, 6.07) is 0. The molecule has 0 atom stereocenters. The normalized spacial score (nSPS) is 15.5. The van der Waals surface area contributed by atoms with Crippen molar-refractivity contribution >= 4 is 6.09 Å². The van der Waals surface area contributed by atoms with Gasteiger partial charge in [0, 0.05) is 12.5 Å². The first-order valence-corrected chi connectivity index (χ1v) is 5.01. The Morgan fingerprint density at radius 3 is 2.31 bits per heavy atom. The zero-order chi connectivity index (χ0) is 12.5. The minimum absolute atomic E-state index is 0.125. The molecular weight excluding hydrogens is 212 g/mol. The standard InChI is InChI=1S/C10H16N2O4/c1-7(12(14)15)8-5-11(6-8)9(13)16-10(2,3)4/h5-6H2,1-4H3. The molecule has 1 heterocycles. The van der Waals surface area contributed by atoms with E-state index in [1.165, 1.54) is 11.8 Å². The van der Waals surface area contributed by atoms with Gasteiger partial charge in [0.15, 0.2) is 0 Å². The smallest absolute Gasteiger partial charge is 0.410 e. The van der Waals surface area contributed by atoms with Crippen LogP contribution in [-0.2, 0) is 4.74 Å². The van der Waals surface area contributed by atoms with Crippen molar-refractivity contribution in [1.29, 1.82) is 0 Å². The lowest BCUT2D eigenvalue weighted by molar-refractivity contribution is -0.426. The van der Waals surface area contributed by atoms with Crippen molar-refractivity contribution in [3.05, 3.63) is 21.4 Å². The van der Waals surface area contributed by atoms with Crippen LogP contribution in [0.1, 0.15) is 27.7 Å². The van der Waals surface area contributed by atoms with Crippen LogP contribution in [0.4, 0.5) is 4.79 Å². The summed E-state index contributed by atoms with van der Waals surface area (Å²) in [7, 11) is 0. The molecule has 0 radical (unpaired) electrons. The lowest BCUT2D eigenvalue weighted by Gasteiger charge is -2.34. The van der Waals surface area contributed by atoms with E-state index in [4.69, 9.17) is 4.74 Å². The average Bonchev–Trinajstić information content (AvgIpc) is 1.96. The van der Waals surface area contributed by atoms with Crippen molar-refractivity contribution in [2.75, 3.05) is 13.1 Å². The van der Waals surface area contributed by atoms with Crippen LogP contribution in [0.15, 0.2) is 11.3 Å². The van der Waals surface area contributed by atoms with E-state index in [1.54, 1.807) is 20.8 Å². The van der Waals surface area contributed by atoms with Crippen LogP contribution in [0.5, 0.6) is 0 Å². The third-order valence-corrected chi connectivity index (χ3v) is 2.20. The van der Waals surface area contributed by atoms with Crippen LogP contribution in [0.3, 0.4) is 0 Å². The molecule has 0 aromatic carbocycles. The number of amides is 1. The highest BCUT2D eigenvalue weighted by Crippen LogP contribution is 2.21. The van der Waals surface area contributed by atoms with E-state index in [0.717, 1.165) is 0 Å². The molecule has 1 saturated heterocycles. The van der Waals surface area contributed by atoms with E-state index in [-0.39, 0.29) is 5.70 Å². The first-order valence-electron chi connectivity index (χ1n) is 5.01. The highest BCUT2D eigenvalue weighted by Gasteiger charge is 2.33. The Kier molecular flexibility index (Phi) is 3.21. The summed E-state index contributed by atoms with van der Waals surface area (Å²) in [5.74, 6) is 0. The zero-order valence-electron chi connectivity index (χ0n) is 9.94. The molecule has 6 nitrogen and oxygen atoms in total. The van der Waals surface area contributed by atoms with Gasteiger partial charge in [-0.3, -0.25) is 15.0 Å². The SMILES string of the molecule is CC(=C1CN(C(=O)OC(C)(C)C)C1)[N+](=O)[O-]. The van der Waals surface area contributed by atoms with Gasteiger partial charge in [-0.05, 0) is 20.8 Å². The van der Waals surface area contributed by atoms with Gasteiger partial charge in [-0.15, -0.1) is 0 Å². The van der Waals surface area contributed by atoms with E-state index in [9.17, 15) is 14.9 Å². The molecule has 0 aromatic rings. The first kappa shape index (κ1) is 12.5. The molecule has 90 valence electrons. The number of nitrogens with zero attached hydrogens (tertiary/aromatic N) is 2. The van der Waals surface area contributed by atoms with Gasteiger partial charge in [0.1, 0.15) is 5.60 Å². The average molecular weight is 228 g/mol. The lowest BCUT2D eigenvalue weighted by Crippen LogP contribution is -2.47. The Balaban J connectivity index is 2.51. The number of hydrogen-bond donors (Lipinski definition) is 0. The van der Waals surface area contributed by atoms with Crippen molar-refractivity contribution in [2.45, 2.75) is 33.3 Å². The van der Waals surface area contributed by atoms with Gasteiger partial charge in [0.2, 0.25) is 5.70 Å². The Bertz CT molecular complexity index is 346. The fraction of sp³-hybridized carbons (Fsp3) is 0.700. The second kappa shape index (κ2) is 4.11. The molecule has 0 bridgehead atoms. The van der Waals surface area contributed by atoms with E-state index >= 15 is 0 Å². The van der Waals surface area contributed by atoms with Gasteiger partial charge in [0.25, 0.3) is 0 Å². The molecule has 0 aliphatic carbocycles. The van der Waals surface area contributed by atoms with Crippen LogP contribution < -0.4 is 0 Å². The number of hydrogen-bond acceptors (Lipinski definition) is 4. The largest absolute Gasteiger partial charge is 0.444 e. The molecule has 6 heteroatoms. The summed E-state index contributed by atoms with van der Waals surface area (Å²) in [4.78, 5) is 23.0. The fourth-order valence-electron chi connectivity index (χ4n) is 1.23. The number of rotatable bonds is 1. The molecule has 1 fully saturated rings. The monoisotopic (exact) mass is 228 g/mol. The molecule has 1 amide bonds. The molecule has 0 saturated carbocycles. The third kappa shape index (κ3) is 2.95. The van der Waals surface area contributed by atoms with Gasteiger partial charge in [-0.1, -0.05) is 0 Å². The Hall–Kier alpha value is -1.59. The highest BCUT2D eigenvalue weighted by molar-refractivity contribution is 5.70. The van der Waals surface area contributed by atoms with E-state index in [1.807, 2.05) is 0 Å². The molecule has 1 rings (SSSR count). The predicted octanol–water partition coefficient (Wildman–Crippen LogP) is 1.79. The van der Waals surface area contributed by atoms with Crippen molar-refractivity contribution in [3.63, 3.8) is 0 Å². The number of carbonyl (C=O) groups excluding carboxylic acids is 1. The maximum Gasteiger partial charge on any atom is 0.410 e. The van der Waals surface area contributed by atoms with Gasteiger partial charge >= 0.3 is 6.09 Å². The van der Waals surface area contributed by atoms with Crippen molar-refractivity contribution < 1.29 is 14.5 Å². The van der Waals surface area contributed by atoms with Crippen molar-refractivity contribution in [1.82, 2.24) is 4.90 Å². The summed E-state index contributed by atoms with van der Waals surface area (Å²) < 4.78 is 5.12. The highest BCUT2D eigenvalue weighted by atomic mass is 16.6. The molecule has 0 aromatic heterocycles. The molecule has 0 unspecified atom stereocenters. The number of ether oxygens (including phenoxy) is 1. The molecular formula is C10H16N2O4. The minimum Gasteiger partial charge on any atom is -0.444 e. The van der Waals surface area contributed by atoms with Crippen LogP contribution in [0, 0.1) is 10.1 Å². The Morgan fingerprint density at radius 1 is 1.44 bits per heavy atom. The Labute approximate surface area is 94.0 Å². The van der Waals surface area contributed by atoms with Crippen LogP contribution >= 0.6 is 0 Å². The number of allylic oxidation sites excluding steroid dienone is 1. The fourth-order valence-corrected chi connectivity index (χ4v) is 1.23. The topological polar surface area (TPSA) is 72.7 Å². The quantitative estimate of drug-likeness (QED) is 0.506. The summed E-state index contributed by atoms with van der Waals surface area (Å²) in [6.45, 7) is 7.38. The summed E-state index contributed by atoms with van der Waals surface area (Å²) in [5.41, 5.74) is 0.269. The van der Waals surface area contributed by atoms with E-state index in [2.05, 4.69) is 0 Å². The summed E-state index contributed by atoms with van der Waals surface area (Å²) in [5, 5.41) is 10.5. The van der Waals surface area contributed by atoms with Gasteiger partial charge in [0.05, 0.1) is 18.0 Å². The second-order valence-corrected chi connectivity index (χ2v) is 4.78. The van der Waals surface area contributed by atoms with Crippen molar-refractivity contribution in [2.24, 2.45) is 0 Å². The third-order valence-electron chi connectivity index (χ3n) is 2.20.